The molecule has 0 atom stereocenters. The van der Waals surface area contributed by atoms with Crippen LogP contribution < -0.4 is 19.8 Å². The molecule has 2 aromatic carbocycles. The molecule has 0 fully saturated rings. The van der Waals surface area contributed by atoms with E-state index in [0.717, 1.165) is 24.8 Å². The molecular formula is C27H33NO5. The number of methoxy groups -OCH3 is 1. The Kier molecular flexibility index (Phi) is 8.93. The lowest BCUT2D eigenvalue weighted by atomic mass is 10.1. The predicted molar refractivity (Wildman–Crippen MR) is 130 cm³/mol. The van der Waals surface area contributed by atoms with Crippen molar-refractivity contribution in [2.45, 2.75) is 65.5 Å². The first-order valence-electron chi connectivity index (χ1n) is 11.6. The second-order valence-corrected chi connectivity index (χ2v) is 8.13. The third kappa shape index (κ3) is 6.37. The number of benzene rings is 2. The molecule has 0 N–H and O–H groups in total. The number of unbranched alkanes of at least 4 members (excludes halogenated alkanes) is 5. The number of ether oxygens (including phenoxy) is 3. The summed E-state index contributed by atoms with van der Waals surface area (Å²) in [5, 5.41) is 0.702. The highest BCUT2D eigenvalue weighted by Gasteiger charge is 2.22. The number of rotatable bonds is 12. The van der Waals surface area contributed by atoms with Gasteiger partial charge in [0.2, 0.25) is 5.75 Å². The van der Waals surface area contributed by atoms with Gasteiger partial charge in [-0.15, -0.1) is 0 Å². The topological polar surface area (TPSA) is 66.8 Å². The molecule has 3 rings (SSSR count). The summed E-state index contributed by atoms with van der Waals surface area (Å²) in [6, 6.07) is 15.2. The first kappa shape index (κ1) is 24.4. The van der Waals surface area contributed by atoms with Gasteiger partial charge in [0.1, 0.15) is 12.4 Å². The molecule has 1 aromatic heterocycles. The molecule has 0 radical (unpaired) electrons. The summed E-state index contributed by atoms with van der Waals surface area (Å²) in [5.41, 5.74) is 1.28. The summed E-state index contributed by atoms with van der Waals surface area (Å²) in [7, 11) is 1.59. The Labute approximate surface area is 195 Å². The zero-order valence-electron chi connectivity index (χ0n) is 19.8. The van der Waals surface area contributed by atoms with E-state index in [4.69, 9.17) is 14.2 Å². The Hall–Kier alpha value is -3.28. The van der Waals surface area contributed by atoms with Crippen molar-refractivity contribution in [3.05, 3.63) is 64.4 Å². The number of aromatic nitrogens is 1. The molecule has 0 spiro atoms. The molecule has 176 valence electrons. The average molecular weight is 452 g/mol. The number of carbonyl (C=O) groups excluding carboxylic acids is 1. The number of nitrogens with zero attached hydrogens (tertiary/aromatic N) is 1. The van der Waals surface area contributed by atoms with E-state index >= 15 is 0 Å². The minimum Gasteiger partial charge on any atom is -0.497 e. The third-order valence-corrected chi connectivity index (χ3v) is 5.59. The van der Waals surface area contributed by atoms with Gasteiger partial charge in [0, 0.05) is 24.9 Å². The van der Waals surface area contributed by atoms with E-state index in [2.05, 4.69) is 6.92 Å². The van der Waals surface area contributed by atoms with Crippen LogP contribution in [-0.4, -0.2) is 17.6 Å². The summed E-state index contributed by atoms with van der Waals surface area (Å²) in [6.07, 6.45) is 6.65. The van der Waals surface area contributed by atoms with E-state index in [0.29, 0.717) is 23.2 Å². The fraction of sp³-hybridized carbons (Fsp3) is 0.407. The van der Waals surface area contributed by atoms with E-state index in [1.54, 1.807) is 11.7 Å². The number of pyridine rings is 1. The first-order valence-corrected chi connectivity index (χ1v) is 11.6. The Bertz CT molecular complexity index is 1120. The molecule has 0 amide bonds. The third-order valence-electron chi connectivity index (χ3n) is 5.59. The molecule has 0 saturated heterocycles. The fourth-order valence-corrected chi connectivity index (χ4v) is 3.88. The van der Waals surface area contributed by atoms with Crippen molar-refractivity contribution in [3.8, 4) is 17.2 Å². The summed E-state index contributed by atoms with van der Waals surface area (Å²) >= 11 is 0. The minimum absolute atomic E-state index is 0.0675. The zero-order valence-corrected chi connectivity index (χ0v) is 19.8. The van der Waals surface area contributed by atoms with Gasteiger partial charge in [-0.25, -0.2) is 0 Å². The maximum absolute atomic E-state index is 13.5. The van der Waals surface area contributed by atoms with Crippen molar-refractivity contribution >= 4 is 16.9 Å². The SMILES string of the molecule is CCCCCCCCn1c(=O)c(OC(C)=O)c(OCc2ccccc2)c2ccc(OC)cc21. The molecule has 0 aliphatic rings. The highest BCUT2D eigenvalue weighted by Crippen LogP contribution is 2.35. The van der Waals surface area contributed by atoms with Gasteiger partial charge in [0.15, 0.2) is 5.75 Å². The van der Waals surface area contributed by atoms with Crippen LogP contribution in [0, 0.1) is 0 Å². The van der Waals surface area contributed by atoms with Crippen LogP contribution in [0.5, 0.6) is 17.2 Å². The second kappa shape index (κ2) is 12.1. The lowest BCUT2D eigenvalue weighted by Gasteiger charge is -2.18. The highest BCUT2D eigenvalue weighted by molar-refractivity contribution is 5.90. The summed E-state index contributed by atoms with van der Waals surface area (Å²) < 4.78 is 18.6. The van der Waals surface area contributed by atoms with Gasteiger partial charge in [-0.2, -0.15) is 0 Å². The number of carbonyl (C=O) groups is 1. The Morgan fingerprint density at radius 3 is 2.36 bits per heavy atom. The van der Waals surface area contributed by atoms with Gasteiger partial charge < -0.3 is 18.8 Å². The summed E-state index contributed by atoms with van der Waals surface area (Å²) in [4.78, 5) is 25.3. The standard InChI is InChI=1S/C27H33NO5/c1-4-5-6-7-8-12-17-28-24-18-22(31-3)15-16-23(24)25(26(27(28)30)33-20(2)29)32-19-21-13-10-9-11-14-21/h9-11,13-16,18H,4-8,12,17,19H2,1-3H3. The molecular weight excluding hydrogens is 418 g/mol. The monoisotopic (exact) mass is 451 g/mol. The zero-order chi connectivity index (χ0) is 23.6. The smallest absolute Gasteiger partial charge is 0.308 e. The summed E-state index contributed by atoms with van der Waals surface area (Å²) in [6.45, 7) is 4.26. The number of fused-ring (bicyclic) bond motifs is 1. The van der Waals surface area contributed by atoms with Crippen molar-refractivity contribution < 1.29 is 19.0 Å². The van der Waals surface area contributed by atoms with Crippen LogP contribution in [-0.2, 0) is 17.9 Å². The van der Waals surface area contributed by atoms with Gasteiger partial charge in [-0.05, 0) is 24.1 Å². The van der Waals surface area contributed by atoms with E-state index in [1.807, 2.05) is 48.5 Å². The Morgan fingerprint density at radius 1 is 0.939 bits per heavy atom. The van der Waals surface area contributed by atoms with Crippen molar-refractivity contribution in [1.82, 2.24) is 4.57 Å². The molecule has 6 heteroatoms. The number of hydrogen-bond acceptors (Lipinski definition) is 5. The van der Waals surface area contributed by atoms with Crippen molar-refractivity contribution in [1.29, 1.82) is 0 Å². The van der Waals surface area contributed by atoms with Crippen molar-refractivity contribution in [2.75, 3.05) is 7.11 Å². The van der Waals surface area contributed by atoms with Crippen LogP contribution in [0.2, 0.25) is 0 Å². The molecule has 0 unspecified atom stereocenters. The maximum Gasteiger partial charge on any atom is 0.308 e. The van der Waals surface area contributed by atoms with Gasteiger partial charge in [-0.1, -0.05) is 69.4 Å². The molecule has 0 aliphatic heterocycles. The van der Waals surface area contributed by atoms with E-state index < -0.39 is 5.97 Å². The fourth-order valence-electron chi connectivity index (χ4n) is 3.88. The van der Waals surface area contributed by atoms with E-state index in [-0.39, 0.29) is 23.7 Å². The van der Waals surface area contributed by atoms with Crippen LogP contribution in [0.15, 0.2) is 53.3 Å². The molecule has 33 heavy (non-hydrogen) atoms. The lowest BCUT2D eigenvalue weighted by Crippen LogP contribution is -2.25. The molecule has 0 aliphatic carbocycles. The molecule has 0 bridgehead atoms. The van der Waals surface area contributed by atoms with Crippen LogP contribution in [0.1, 0.15) is 57.9 Å². The van der Waals surface area contributed by atoms with Gasteiger partial charge >= 0.3 is 5.97 Å². The van der Waals surface area contributed by atoms with E-state index in [1.165, 1.54) is 26.2 Å². The second-order valence-electron chi connectivity index (χ2n) is 8.13. The van der Waals surface area contributed by atoms with Crippen molar-refractivity contribution in [2.24, 2.45) is 0 Å². The Morgan fingerprint density at radius 2 is 1.67 bits per heavy atom. The predicted octanol–water partition coefficient (Wildman–Crippen LogP) is 5.87. The van der Waals surface area contributed by atoms with Crippen LogP contribution in [0.3, 0.4) is 0 Å². The van der Waals surface area contributed by atoms with Gasteiger partial charge in [0.25, 0.3) is 5.56 Å². The average Bonchev–Trinajstić information content (AvgIpc) is 2.82. The van der Waals surface area contributed by atoms with E-state index in [9.17, 15) is 9.59 Å². The lowest BCUT2D eigenvalue weighted by molar-refractivity contribution is -0.132. The van der Waals surface area contributed by atoms with Crippen LogP contribution in [0.25, 0.3) is 10.9 Å². The Balaban J connectivity index is 2.02. The highest BCUT2D eigenvalue weighted by atomic mass is 16.6. The largest absolute Gasteiger partial charge is 0.497 e. The van der Waals surface area contributed by atoms with Crippen LogP contribution >= 0.6 is 0 Å². The molecule has 0 saturated carbocycles. The van der Waals surface area contributed by atoms with Gasteiger partial charge in [0.05, 0.1) is 12.6 Å². The number of hydrogen-bond donors (Lipinski definition) is 0. The molecule has 6 nitrogen and oxygen atoms in total. The minimum atomic E-state index is -0.560. The normalized spacial score (nSPS) is 10.9. The quantitative estimate of drug-likeness (QED) is 0.254. The molecule has 3 aromatic rings. The molecule has 1 heterocycles. The number of aryl methyl sites for hydroxylation is 1. The van der Waals surface area contributed by atoms with Crippen LogP contribution in [0.4, 0.5) is 0 Å². The van der Waals surface area contributed by atoms with Gasteiger partial charge in [-0.3, -0.25) is 9.59 Å². The maximum atomic E-state index is 13.5. The first-order chi connectivity index (χ1) is 16.0. The number of esters is 1. The van der Waals surface area contributed by atoms with Crippen molar-refractivity contribution in [3.63, 3.8) is 0 Å². The summed E-state index contributed by atoms with van der Waals surface area (Å²) in [5.74, 6) is 0.293.